The van der Waals surface area contributed by atoms with Crippen LogP contribution in [0, 0.1) is 17.8 Å². The van der Waals surface area contributed by atoms with Crippen LogP contribution in [0.1, 0.15) is 72.6 Å². The van der Waals surface area contributed by atoms with E-state index in [1.165, 1.54) is 39.2 Å². The normalized spacial score (nSPS) is 16.1. The van der Waals surface area contributed by atoms with E-state index in [2.05, 4.69) is 20.8 Å². The lowest BCUT2D eigenvalue weighted by Gasteiger charge is -2.14. The third kappa shape index (κ3) is 8.54. The van der Waals surface area contributed by atoms with Crippen LogP contribution in [-0.4, -0.2) is 13.1 Å². The van der Waals surface area contributed by atoms with Gasteiger partial charge < -0.3 is 4.74 Å². The first kappa shape index (κ1) is 17.5. The summed E-state index contributed by atoms with van der Waals surface area (Å²) < 4.78 is 4.73. The van der Waals surface area contributed by atoms with E-state index in [4.69, 9.17) is 4.74 Å². The highest BCUT2D eigenvalue weighted by Crippen LogP contribution is 2.20. The monoisotopic (exact) mass is 256 g/mol. The van der Waals surface area contributed by atoms with Crippen molar-refractivity contribution >= 4 is 5.97 Å². The smallest absolute Gasteiger partial charge is 0.308 e. The summed E-state index contributed by atoms with van der Waals surface area (Å²) in [4.78, 5) is 11.2. The minimum atomic E-state index is -0.0700. The second-order valence-corrected chi connectivity index (χ2v) is 5.90. The molecule has 0 N–H and O–H groups in total. The maximum Gasteiger partial charge on any atom is 0.308 e. The Morgan fingerprint density at radius 2 is 1.44 bits per heavy atom. The van der Waals surface area contributed by atoms with E-state index in [0.29, 0.717) is 0 Å². The number of hydrogen-bond acceptors (Lipinski definition) is 2. The molecular weight excluding hydrogens is 224 g/mol. The molecule has 0 spiro atoms. The van der Waals surface area contributed by atoms with Gasteiger partial charge in [-0.25, -0.2) is 0 Å². The molecule has 0 aromatic heterocycles. The topological polar surface area (TPSA) is 26.3 Å². The van der Waals surface area contributed by atoms with Crippen molar-refractivity contribution in [3.8, 4) is 0 Å². The van der Waals surface area contributed by atoms with Crippen LogP contribution in [0.5, 0.6) is 0 Å². The van der Waals surface area contributed by atoms with Crippen LogP contribution in [0.2, 0.25) is 0 Å². The average Bonchev–Trinajstić information content (AvgIpc) is 2.37. The molecule has 0 radical (unpaired) electrons. The number of hydrogen-bond donors (Lipinski definition) is 0. The zero-order valence-corrected chi connectivity index (χ0v) is 13.0. The first-order valence-corrected chi connectivity index (χ1v) is 7.59. The maximum atomic E-state index is 11.2. The van der Waals surface area contributed by atoms with Crippen molar-refractivity contribution in [2.24, 2.45) is 17.8 Å². The first-order valence-electron chi connectivity index (χ1n) is 7.59. The number of ether oxygens (including phenoxy) is 1. The van der Waals surface area contributed by atoms with Crippen LogP contribution in [-0.2, 0) is 9.53 Å². The molecule has 0 rings (SSSR count). The van der Waals surface area contributed by atoms with E-state index in [-0.39, 0.29) is 11.9 Å². The fraction of sp³-hybridized carbons (Fsp3) is 0.938. The lowest BCUT2D eigenvalue weighted by atomic mass is 9.92. The molecule has 0 fully saturated rings. The second kappa shape index (κ2) is 10.4. The number of esters is 1. The molecule has 0 saturated heterocycles. The van der Waals surface area contributed by atoms with Crippen LogP contribution in [0.4, 0.5) is 0 Å². The van der Waals surface area contributed by atoms with Crippen LogP contribution < -0.4 is 0 Å². The Balaban J connectivity index is 3.53. The lowest BCUT2D eigenvalue weighted by Crippen LogP contribution is -2.12. The van der Waals surface area contributed by atoms with E-state index in [0.717, 1.165) is 24.7 Å². The van der Waals surface area contributed by atoms with Gasteiger partial charge in [-0.3, -0.25) is 4.79 Å². The molecule has 0 aliphatic heterocycles. The quantitative estimate of drug-likeness (QED) is 0.524. The molecule has 0 aromatic carbocycles. The fourth-order valence-electron chi connectivity index (χ4n) is 2.25. The Morgan fingerprint density at radius 1 is 0.944 bits per heavy atom. The third-order valence-electron chi connectivity index (χ3n) is 4.03. The highest BCUT2D eigenvalue weighted by molar-refractivity contribution is 5.71. The SMILES string of the molecule is CC[C@H](C)CCC[C@H](C)CCC[C@H](C)C(=O)OC. The van der Waals surface area contributed by atoms with Crippen molar-refractivity contribution in [3.05, 3.63) is 0 Å². The van der Waals surface area contributed by atoms with Gasteiger partial charge in [0, 0.05) is 0 Å². The summed E-state index contributed by atoms with van der Waals surface area (Å²) in [5, 5.41) is 0. The predicted molar refractivity (Wildman–Crippen MR) is 77.5 cm³/mol. The molecule has 2 heteroatoms. The van der Waals surface area contributed by atoms with E-state index in [1.54, 1.807) is 0 Å². The standard InChI is InChI=1S/C16H32O2/c1-6-13(2)9-7-10-14(3)11-8-12-15(4)16(17)18-5/h13-15H,6-12H2,1-5H3/t13-,14-,15-/m0/s1. The molecule has 2 nitrogen and oxygen atoms in total. The summed E-state index contributed by atoms with van der Waals surface area (Å²) in [6, 6.07) is 0. The third-order valence-corrected chi connectivity index (χ3v) is 4.03. The molecule has 0 aliphatic carbocycles. The molecule has 3 atom stereocenters. The number of carbonyl (C=O) groups is 1. The van der Waals surface area contributed by atoms with Gasteiger partial charge in [0.25, 0.3) is 0 Å². The molecule has 0 aliphatic rings. The summed E-state index contributed by atoms with van der Waals surface area (Å²) in [5.74, 6) is 1.65. The minimum Gasteiger partial charge on any atom is -0.469 e. The van der Waals surface area contributed by atoms with Gasteiger partial charge in [-0.1, -0.05) is 66.2 Å². The molecule has 0 amide bonds. The first-order chi connectivity index (χ1) is 8.51. The predicted octanol–water partition coefficient (Wildman–Crippen LogP) is 4.82. The Labute approximate surface area is 113 Å². The van der Waals surface area contributed by atoms with Crippen LogP contribution in [0.15, 0.2) is 0 Å². The van der Waals surface area contributed by atoms with Gasteiger partial charge in [0.1, 0.15) is 0 Å². The Morgan fingerprint density at radius 3 is 1.94 bits per heavy atom. The summed E-state index contributed by atoms with van der Waals surface area (Å²) >= 11 is 0. The fourth-order valence-corrected chi connectivity index (χ4v) is 2.25. The van der Waals surface area contributed by atoms with E-state index >= 15 is 0 Å². The van der Waals surface area contributed by atoms with Crippen molar-refractivity contribution in [2.45, 2.75) is 72.6 Å². The van der Waals surface area contributed by atoms with Crippen molar-refractivity contribution in [3.63, 3.8) is 0 Å². The molecule has 108 valence electrons. The van der Waals surface area contributed by atoms with Gasteiger partial charge in [-0.05, 0) is 18.3 Å². The van der Waals surface area contributed by atoms with Gasteiger partial charge in [-0.2, -0.15) is 0 Å². The number of carbonyl (C=O) groups excluding carboxylic acids is 1. The average molecular weight is 256 g/mol. The van der Waals surface area contributed by atoms with E-state index < -0.39 is 0 Å². The molecule has 0 heterocycles. The summed E-state index contributed by atoms with van der Waals surface area (Å²) in [5.41, 5.74) is 0. The van der Waals surface area contributed by atoms with Crippen molar-refractivity contribution < 1.29 is 9.53 Å². The van der Waals surface area contributed by atoms with E-state index in [9.17, 15) is 4.79 Å². The largest absolute Gasteiger partial charge is 0.469 e. The van der Waals surface area contributed by atoms with Crippen molar-refractivity contribution in [1.82, 2.24) is 0 Å². The van der Waals surface area contributed by atoms with Gasteiger partial charge in [-0.15, -0.1) is 0 Å². The zero-order chi connectivity index (χ0) is 14.0. The molecule has 0 saturated carbocycles. The van der Waals surface area contributed by atoms with Gasteiger partial charge in [0.15, 0.2) is 0 Å². The van der Waals surface area contributed by atoms with E-state index in [1.807, 2.05) is 6.92 Å². The molecule has 0 bridgehead atoms. The molecular formula is C16H32O2. The Hall–Kier alpha value is -0.530. The minimum absolute atomic E-state index is 0.0577. The van der Waals surface area contributed by atoms with Crippen LogP contribution in [0.3, 0.4) is 0 Å². The maximum absolute atomic E-state index is 11.2. The summed E-state index contributed by atoms with van der Waals surface area (Å²) in [6.45, 7) is 8.89. The molecule has 0 aromatic rings. The van der Waals surface area contributed by atoms with Crippen molar-refractivity contribution in [2.75, 3.05) is 7.11 Å². The van der Waals surface area contributed by atoms with Gasteiger partial charge in [0.2, 0.25) is 0 Å². The van der Waals surface area contributed by atoms with Crippen LogP contribution >= 0.6 is 0 Å². The highest BCUT2D eigenvalue weighted by atomic mass is 16.5. The highest BCUT2D eigenvalue weighted by Gasteiger charge is 2.13. The van der Waals surface area contributed by atoms with Crippen molar-refractivity contribution in [1.29, 1.82) is 0 Å². The molecule has 18 heavy (non-hydrogen) atoms. The summed E-state index contributed by atoms with van der Waals surface area (Å²) in [7, 11) is 1.47. The number of rotatable bonds is 10. The Bertz CT molecular complexity index is 213. The molecule has 0 unspecified atom stereocenters. The number of methoxy groups -OCH3 is 1. The van der Waals surface area contributed by atoms with Gasteiger partial charge >= 0.3 is 5.97 Å². The van der Waals surface area contributed by atoms with Crippen LogP contribution in [0.25, 0.3) is 0 Å². The zero-order valence-electron chi connectivity index (χ0n) is 13.0. The second-order valence-electron chi connectivity index (χ2n) is 5.90. The van der Waals surface area contributed by atoms with Gasteiger partial charge in [0.05, 0.1) is 13.0 Å². The lowest BCUT2D eigenvalue weighted by molar-refractivity contribution is -0.145. The Kier molecular flexibility index (Phi) is 10.1. The summed E-state index contributed by atoms with van der Waals surface area (Å²) in [6.07, 6.45) is 8.68.